The summed E-state index contributed by atoms with van der Waals surface area (Å²) in [5.41, 5.74) is 0.499. The molecule has 1 aliphatic rings. The summed E-state index contributed by atoms with van der Waals surface area (Å²) < 4.78 is 41.1. The Balaban J connectivity index is 1.83. The second kappa shape index (κ2) is 9.53. The molecule has 3 rings (SSSR count). The lowest BCUT2D eigenvalue weighted by molar-refractivity contribution is -0.130. The van der Waals surface area contributed by atoms with Crippen LogP contribution >= 0.6 is 11.6 Å². The lowest BCUT2D eigenvalue weighted by Gasteiger charge is -2.35. The first kappa shape index (κ1) is 22.2. The molecule has 0 atom stereocenters. The number of piperazine rings is 1. The van der Waals surface area contributed by atoms with Gasteiger partial charge in [0.2, 0.25) is 0 Å². The fourth-order valence-electron chi connectivity index (χ4n) is 3.26. The third-order valence-electron chi connectivity index (χ3n) is 5.00. The van der Waals surface area contributed by atoms with E-state index >= 15 is 0 Å². The summed E-state index contributed by atoms with van der Waals surface area (Å²) in [4.78, 5) is 16.6. The van der Waals surface area contributed by atoms with Gasteiger partial charge >= 0.3 is 6.18 Å². The molecule has 1 saturated heterocycles. The van der Waals surface area contributed by atoms with E-state index in [1.807, 2.05) is 11.9 Å². The third kappa shape index (κ3) is 5.77. The number of carbonyl (C=O) groups excluding carboxylic acids is 1. The van der Waals surface area contributed by atoms with Crippen LogP contribution in [0.15, 0.2) is 54.1 Å². The first-order valence-corrected chi connectivity index (χ1v) is 9.96. The predicted octanol–water partition coefficient (Wildman–Crippen LogP) is 4.35. The number of benzene rings is 2. The first-order chi connectivity index (χ1) is 14.2. The molecule has 8 heteroatoms. The molecule has 1 aliphatic heterocycles. The number of hydrogen-bond acceptors (Lipinski definition) is 3. The second-order valence-electron chi connectivity index (χ2n) is 7.21. The minimum absolute atomic E-state index is 0.0243. The number of alkyl halides is 3. The van der Waals surface area contributed by atoms with Gasteiger partial charge in [-0.2, -0.15) is 13.2 Å². The zero-order valence-electron chi connectivity index (χ0n) is 16.5. The monoisotopic (exact) mass is 437 g/mol. The Morgan fingerprint density at radius 1 is 1.07 bits per heavy atom. The number of halogens is 4. The minimum atomic E-state index is -4.78. The molecule has 0 bridgehead atoms. The Hall–Kier alpha value is -2.51. The summed E-state index contributed by atoms with van der Waals surface area (Å²) in [6.45, 7) is 3.05. The summed E-state index contributed by atoms with van der Waals surface area (Å²) in [7, 11) is 2.01. The van der Waals surface area contributed by atoms with Crippen molar-refractivity contribution in [3.05, 3.63) is 70.3 Å². The number of carbonyl (C=O) groups is 1. The summed E-state index contributed by atoms with van der Waals surface area (Å²) in [5.74, 6) is -1.16. The second-order valence-corrected chi connectivity index (χ2v) is 7.65. The molecule has 30 heavy (non-hydrogen) atoms. The maximum atomic E-state index is 13.7. The smallest absolute Gasteiger partial charge is 0.368 e. The van der Waals surface area contributed by atoms with Crippen molar-refractivity contribution in [2.24, 2.45) is 0 Å². The van der Waals surface area contributed by atoms with Crippen molar-refractivity contribution in [1.82, 2.24) is 10.2 Å². The molecule has 160 valence electrons. The van der Waals surface area contributed by atoms with Crippen molar-refractivity contribution in [2.45, 2.75) is 12.7 Å². The zero-order chi connectivity index (χ0) is 21.7. The number of rotatable bonds is 5. The SMILES string of the molecule is CN1CCN(c2ccccc2/C=C(\C(=O)NCc2ccc(Cl)cc2)C(F)(F)F)CC1. The van der Waals surface area contributed by atoms with Gasteiger partial charge in [0.05, 0.1) is 0 Å². The molecule has 0 aromatic heterocycles. The van der Waals surface area contributed by atoms with E-state index in [2.05, 4.69) is 10.2 Å². The molecule has 0 aliphatic carbocycles. The largest absolute Gasteiger partial charge is 0.421 e. The van der Waals surface area contributed by atoms with Crippen molar-refractivity contribution < 1.29 is 18.0 Å². The van der Waals surface area contributed by atoms with E-state index in [4.69, 9.17) is 11.6 Å². The van der Waals surface area contributed by atoms with Crippen LogP contribution in [0.4, 0.5) is 18.9 Å². The van der Waals surface area contributed by atoms with Crippen molar-refractivity contribution in [3.8, 4) is 0 Å². The molecule has 2 aromatic rings. The van der Waals surface area contributed by atoms with E-state index in [0.29, 0.717) is 34.9 Å². The number of nitrogens with one attached hydrogen (secondary N) is 1. The minimum Gasteiger partial charge on any atom is -0.368 e. The van der Waals surface area contributed by atoms with Crippen LogP contribution in [0.3, 0.4) is 0 Å². The molecule has 2 aromatic carbocycles. The Morgan fingerprint density at radius 3 is 2.33 bits per heavy atom. The molecule has 0 spiro atoms. The van der Waals surface area contributed by atoms with Gasteiger partial charge in [0, 0.05) is 43.4 Å². The van der Waals surface area contributed by atoms with Gasteiger partial charge in [0.1, 0.15) is 5.57 Å². The number of para-hydroxylation sites is 1. The maximum absolute atomic E-state index is 13.7. The van der Waals surface area contributed by atoms with Gasteiger partial charge in [-0.25, -0.2) is 0 Å². The van der Waals surface area contributed by atoms with Crippen molar-refractivity contribution >= 4 is 29.3 Å². The number of nitrogens with zero attached hydrogens (tertiary/aromatic N) is 2. The highest BCUT2D eigenvalue weighted by molar-refractivity contribution is 6.30. The molecular weight excluding hydrogens is 415 g/mol. The van der Waals surface area contributed by atoms with Crippen LogP contribution in [-0.4, -0.2) is 50.2 Å². The van der Waals surface area contributed by atoms with Gasteiger partial charge in [-0.3, -0.25) is 4.79 Å². The van der Waals surface area contributed by atoms with Crippen LogP contribution in [0.25, 0.3) is 6.08 Å². The highest BCUT2D eigenvalue weighted by atomic mass is 35.5. The van der Waals surface area contributed by atoms with Crippen LogP contribution < -0.4 is 10.2 Å². The summed E-state index contributed by atoms with van der Waals surface area (Å²) in [5, 5.41) is 2.87. The fourth-order valence-corrected chi connectivity index (χ4v) is 3.38. The van der Waals surface area contributed by atoms with E-state index in [9.17, 15) is 18.0 Å². The molecule has 0 saturated carbocycles. The number of likely N-dealkylation sites (N-methyl/N-ethyl adjacent to an activating group) is 1. The van der Waals surface area contributed by atoms with Gasteiger partial charge in [-0.1, -0.05) is 41.9 Å². The normalized spacial score (nSPS) is 15.9. The predicted molar refractivity (Wildman–Crippen MR) is 113 cm³/mol. The maximum Gasteiger partial charge on any atom is 0.421 e. The highest BCUT2D eigenvalue weighted by Gasteiger charge is 2.38. The van der Waals surface area contributed by atoms with E-state index < -0.39 is 17.7 Å². The van der Waals surface area contributed by atoms with Gasteiger partial charge in [-0.05, 0) is 42.4 Å². The number of amides is 1. The Kier molecular flexibility index (Phi) is 7.05. The quantitative estimate of drug-likeness (QED) is 0.706. The Morgan fingerprint density at radius 2 is 1.70 bits per heavy atom. The van der Waals surface area contributed by atoms with E-state index in [1.54, 1.807) is 48.5 Å². The molecule has 1 amide bonds. The molecule has 0 unspecified atom stereocenters. The van der Waals surface area contributed by atoms with Crippen LogP contribution in [-0.2, 0) is 11.3 Å². The number of hydrogen-bond donors (Lipinski definition) is 1. The standard InChI is InChI=1S/C22H23ClF3N3O/c1-28-10-12-29(13-11-28)20-5-3-2-4-17(20)14-19(22(24,25)26)21(30)27-15-16-6-8-18(23)9-7-16/h2-9,14H,10-13,15H2,1H3,(H,27,30)/b19-14+. The van der Waals surface area contributed by atoms with Crippen molar-refractivity contribution in [1.29, 1.82) is 0 Å². The van der Waals surface area contributed by atoms with Crippen molar-refractivity contribution in [2.75, 3.05) is 38.1 Å². The van der Waals surface area contributed by atoms with Crippen LogP contribution in [0, 0.1) is 0 Å². The summed E-state index contributed by atoms with van der Waals surface area (Å²) >= 11 is 5.81. The van der Waals surface area contributed by atoms with Gasteiger partial charge in [0.15, 0.2) is 0 Å². The van der Waals surface area contributed by atoms with E-state index in [-0.39, 0.29) is 6.54 Å². The molecule has 0 radical (unpaired) electrons. The summed E-state index contributed by atoms with van der Waals surface area (Å²) in [6, 6.07) is 13.4. The first-order valence-electron chi connectivity index (χ1n) is 9.58. The molecule has 4 nitrogen and oxygen atoms in total. The molecule has 1 fully saturated rings. The van der Waals surface area contributed by atoms with E-state index in [1.165, 1.54) is 0 Å². The molecular formula is C22H23ClF3N3O. The van der Waals surface area contributed by atoms with Crippen LogP contribution in [0.1, 0.15) is 11.1 Å². The van der Waals surface area contributed by atoms with E-state index in [0.717, 1.165) is 19.2 Å². The average molecular weight is 438 g/mol. The average Bonchev–Trinajstić information content (AvgIpc) is 2.71. The Labute approximate surface area is 178 Å². The van der Waals surface area contributed by atoms with Gasteiger partial charge in [-0.15, -0.1) is 0 Å². The zero-order valence-corrected chi connectivity index (χ0v) is 17.3. The molecule has 1 N–H and O–H groups in total. The van der Waals surface area contributed by atoms with Gasteiger partial charge < -0.3 is 15.1 Å². The lowest BCUT2D eigenvalue weighted by atomic mass is 10.1. The lowest BCUT2D eigenvalue weighted by Crippen LogP contribution is -2.44. The number of anilines is 1. The fraction of sp³-hybridized carbons (Fsp3) is 0.318. The third-order valence-corrected chi connectivity index (χ3v) is 5.25. The van der Waals surface area contributed by atoms with Gasteiger partial charge in [0.25, 0.3) is 5.91 Å². The van der Waals surface area contributed by atoms with Crippen LogP contribution in [0.2, 0.25) is 5.02 Å². The Bertz CT molecular complexity index is 905. The highest BCUT2D eigenvalue weighted by Crippen LogP contribution is 2.31. The summed E-state index contributed by atoms with van der Waals surface area (Å²) in [6.07, 6.45) is -3.84. The van der Waals surface area contributed by atoms with Crippen LogP contribution in [0.5, 0.6) is 0 Å². The topological polar surface area (TPSA) is 35.6 Å². The molecule has 1 heterocycles. The van der Waals surface area contributed by atoms with Crippen molar-refractivity contribution in [3.63, 3.8) is 0 Å².